The van der Waals surface area contributed by atoms with Gasteiger partial charge in [0.05, 0.1) is 5.54 Å². The van der Waals surface area contributed by atoms with Crippen LogP contribution in [-0.2, 0) is 9.53 Å². The number of hydrogen-bond acceptors (Lipinski definition) is 3. The Morgan fingerprint density at radius 3 is 2.52 bits per heavy atom. The van der Waals surface area contributed by atoms with E-state index in [1.54, 1.807) is 0 Å². The maximum atomic E-state index is 12.9. The molecule has 3 rings (SSSR count). The lowest BCUT2D eigenvalue weighted by Gasteiger charge is -2.31. The standard InChI is InChI=1S/C21H29BrN2O3/c1-20(2,3)27-19(26)23-13-21(10-6-7-11-21)24-18(25)16-12-15(16)14-8-4-5-9-17(14)22/h4-5,8-9,15-16H,6-7,10-13H2,1-3H3,(H,23,26)(H,24,25). The van der Waals surface area contributed by atoms with E-state index in [2.05, 4.69) is 32.6 Å². The van der Waals surface area contributed by atoms with Crippen LogP contribution >= 0.6 is 15.9 Å². The van der Waals surface area contributed by atoms with Crippen molar-refractivity contribution in [2.45, 2.75) is 69.9 Å². The van der Waals surface area contributed by atoms with Crippen molar-refractivity contribution in [2.75, 3.05) is 6.54 Å². The molecule has 0 aliphatic heterocycles. The minimum atomic E-state index is -0.527. The molecule has 2 atom stereocenters. The van der Waals surface area contributed by atoms with Gasteiger partial charge in [0.15, 0.2) is 0 Å². The van der Waals surface area contributed by atoms with Gasteiger partial charge in [0, 0.05) is 16.9 Å². The summed E-state index contributed by atoms with van der Waals surface area (Å²) < 4.78 is 6.39. The Balaban J connectivity index is 1.57. The van der Waals surface area contributed by atoms with Crippen LogP contribution in [0.4, 0.5) is 4.79 Å². The smallest absolute Gasteiger partial charge is 0.407 e. The zero-order chi connectivity index (χ0) is 19.7. The minimum absolute atomic E-state index is 0.0164. The van der Waals surface area contributed by atoms with Crippen molar-refractivity contribution in [3.8, 4) is 0 Å². The fourth-order valence-electron chi connectivity index (χ4n) is 3.91. The first kappa shape index (κ1) is 20.2. The van der Waals surface area contributed by atoms with Gasteiger partial charge < -0.3 is 15.4 Å². The molecule has 27 heavy (non-hydrogen) atoms. The van der Waals surface area contributed by atoms with Gasteiger partial charge in [-0.15, -0.1) is 0 Å². The first-order valence-electron chi connectivity index (χ1n) is 9.72. The third-order valence-corrected chi connectivity index (χ3v) is 6.07. The average Bonchev–Trinajstić information content (AvgIpc) is 3.24. The van der Waals surface area contributed by atoms with Gasteiger partial charge in [0.1, 0.15) is 5.60 Å². The molecule has 0 radical (unpaired) electrons. The second-order valence-corrected chi connectivity index (χ2v) is 9.66. The number of halogens is 1. The highest BCUT2D eigenvalue weighted by Crippen LogP contribution is 2.50. The van der Waals surface area contributed by atoms with Gasteiger partial charge in [-0.05, 0) is 57.6 Å². The van der Waals surface area contributed by atoms with Crippen LogP contribution in [0.25, 0.3) is 0 Å². The van der Waals surface area contributed by atoms with Gasteiger partial charge in [0.25, 0.3) is 0 Å². The van der Waals surface area contributed by atoms with Crippen LogP contribution in [0.5, 0.6) is 0 Å². The summed E-state index contributed by atoms with van der Waals surface area (Å²) in [4.78, 5) is 24.9. The van der Waals surface area contributed by atoms with E-state index < -0.39 is 11.7 Å². The number of alkyl carbamates (subject to hydrolysis) is 1. The van der Waals surface area contributed by atoms with Crippen molar-refractivity contribution < 1.29 is 14.3 Å². The van der Waals surface area contributed by atoms with Crippen LogP contribution in [-0.4, -0.2) is 29.7 Å². The molecule has 2 N–H and O–H groups in total. The topological polar surface area (TPSA) is 67.4 Å². The van der Waals surface area contributed by atoms with E-state index in [0.29, 0.717) is 6.54 Å². The van der Waals surface area contributed by atoms with E-state index in [1.807, 2.05) is 39.0 Å². The van der Waals surface area contributed by atoms with Crippen molar-refractivity contribution in [2.24, 2.45) is 5.92 Å². The van der Waals surface area contributed by atoms with Gasteiger partial charge in [-0.3, -0.25) is 4.79 Å². The number of amides is 2. The minimum Gasteiger partial charge on any atom is -0.444 e. The highest BCUT2D eigenvalue weighted by molar-refractivity contribution is 9.10. The Labute approximate surface area is 169 Å². The molecule has 2 amide bonds. The van der Waals surface area contributed by atoms with Crippen molar-refractivity contribution in [3.05, 3.63) is 34.3 Å². The van der Waals surface area contributed by atoms with Crippen molar-refractivity contribution in [1.82, 2.24) is 10.6 Å². The van der Waals surface area contributed by atoms with E-state index >= 15 is 0 Å². The van der Waals surface area contributed by atoms with Crippen LogP contribution < -0.4 is 10.6 Å². The SMILES string of the molecule is CC(C)(C)OC(=O)NCC1(NC(=O)C2CC2c2ccccc2Br)CCCC1. The number of carbonyl (C=O) groups is 2. The van der Waals surface area contributed by atoms with Gasteiger partial charge >= 0.3 is 6.09 Å². The number of ether oxygens (including phenoxy) is 1. The molecule has 2 saturated carbocycles. The van der Waals surface area contributed by atoms with Crippen LogP contribution in [0.2, 0.25) is 0 Å². The number of hydrogen-bond donors (Lipinski definition) is 2. The second kappa shape index (κ2) is 7.82. The van der Waals surface area contributed by atoms with Crippen LogP contribution in [0, 0.1) is 5.92 Å². The van der Waals surface area contributed by atoms with E-state index in [4.69, 9.17) is 4.74 Å². The molecular formula is C21H29BrN2O3. The van der Waals surface area contributed by atoms with Crippen LogP contribution in [0.3, 0.4) is 0 Å². The molecule has 0 bridgehead atoms. The molecule has 1 aromatic rings. The molecular weight excluding hydrogens is 408 g/mol. The van der Waals surface area contributed by atoms with Crippen molar-refractivity contribution >= 4 is 27.9 Å². The predicted molar refractivity (Wildman–Crippen MR) is 109 cm³/mol. The van der Waals surface area contributed by atoms with E-state index in [9.17, 15) is 9.59 Å². The zero-order valence-electron chi connectivity index (χ0n) is 16.3. The lowest BCUT2D eigenvalue weighted by Crippen LogP contribution is -2.54. The predicted octanol–water partition coefficient (Wildman–Crippen LogP) is 4.51. The number of benzene rings is 1. The highest BCUT2D eigenvalue weighted by Gasteiger charge is 2.47. The number of rotatable bonds is 5. The summed E-state index contributed by atoms with van der Waals surface area (Å²) in [6.45, 7) is 5.94. The fourth-order valence-corrected chi connectivity index (χ4v) is 4.49. The van der Waals surface area contributed by atoms with E-state index in [0.717, 1.165) is 36.6 Å². The Bertz CT molecular complexity index is 708. The van der Waals surface area contributed by atoms with Gasteiger partial charge in [-0.1, -0.05) is 47.0 Å². The second-order valence-electron chi connectivity index (χ2n) is 8.80. The van der Waals surface area contributed by atoms with Crippen LogP contribution in [0.15, 0.2) is 28.7 Å². The number of nitrogens with one attached hydrogen (secondary N) is 2. The Morgan fingerprint density at radius 2 is 1.89 bits per heavy atom. The molecule has 0 aromatic heterocycles. The van der Waals surface area contributed by atoms with E-state index in [1.165, 1.54) is 5.56 Å². The zero-order valence-corrected chi connectivity index (χ0v) is 17.9. The quantitative estimate of drug-likeness (QED) is 0.713. The maximum Gasteiger partial charge on any atom is 0.407 e. The average molecular weight is 437 g/mol. The molecule has 2 aliphatic rings. The molecule has 148 valence electrons. The lowest BCUT2D eigenvalue weighted by molar-refractivity contribution is -0.124. The third kappa shape index (κ3) is 5.24. The van der Waals surface area contributed by atoms with Crippen LogP contribution in [0.1, 0.15) is 64.4 Å². The van der Waals surface area contributed by atoms with Gasteiger partial charge in [0.2, 0.25) is 5.91 Å². The molecule has 5 nitrogen and oxygen atoms in total. The highest BCUT2D eigenvalue weighted by atomic mass is 79.9. The molecule has 0 heterocycles. The summed E-state index contributed by atoms with van der Waals surface area (Å²) in [6.07, 6.45) is 4.36. The van der Waals surface area contributed by atoms with Gasteiger partial charge in [-0.25, -0.2) is 4.79 Å². The lowest BCUT2D eigenvalue weighted by atomic mass is 9.96. The molecule has 2 unspecified atom stereocenters. The Hall–Kier alpha value is -1.56. The molecule has 2 aliphatic carbocycles. The third-order valence-electron chi connectivity index (χ3n) is 5.35. The summed E-state index contributed by atoms with van der Waals surface area (Å²) in [5.74, 6) is 0.393. The molecule has 1 aromatic carbocycles. The molecule has 0 spiro atoms. The van der Waals surface area contributed by atoms with Crippen molar-refractivity contribution in [3.63, 3.8) is 0 Å². The maximum absolute atomic E-state index is 12.9. The molecule has 6 heteroatoms. The summed E-state index contributed by atoms with van der Waals surface area (Å²) in [5, 5.41) is 6.12. The summed E-state index contributed by atoms with van der Waals surface area (Å²) >= 11 is 3.58. The van der Waals surface area contributed by atoms with Gasteiger partial charge in [-0.2, -0.15) is 0 Å². The first-order valence-corrected chi connectivity index (χ1v) is 10.5. The van der Waals surface area contributed by atoms with Crippen molar-refractivity contribution in [1.29, 1.82) is 0 Å². The normalized spacial score (nSPS) is 23.6. The summed E-state index contributed by atoms with van der Waals surface area (Å²) in [5.41, 5.74) is 0.320. The Morgan fingerprint density at radius 1 is 1.22 bits per heavy atom. The molecule has 2 fully saturated rings. The molecule has 0 saturated heterocycles. The first-order chi connectivity index (χ1) is 12.7. The van der Waals surface area contributed by atoms with E-state index in [-0.39, 0.29) is 23.3 Å². The fraction of sp³-hybridized carbons (Fsp3) is 0.619. The Kier molecular flexibility index (Phi) is 5.84. The summed E-state index contributed by atoms with van der Waals surface area (Å²) in [6, 6.07) is 8.10. The summed E-state index contributed by atoms with van der Waals surface area (Å²) in [7, 11) is 0. The monoisotopic (exact) mass is 436 g/mol. The number of carbonyl (C=O) groups excluding carboxylic acids is 2. The largest absolute Gasteiger partial charge is 0.444 e.